The molecule has 1 amide bonds. The maximum Gasteiger partial charge on any atom is 0.236 e. The minimum atomic E-state index is -0.491. The fraction of sp³-hybridized carbons (Fsp3) is 0.929. The van der Waals surface area contributed by atoms with Crippen molar-refractivity contribution in [2.24, 2.45) is 11.8 Å². The fourth-order valence-electron chi connectivity index (χ4n) is 3.23. The van der Waals surface area contributed by atoms with Gasteiger partial charge < -0.3 is 10.0 Å². The van der Waals surface area contributed by atoms with Crippen molar-refractivity contribution in [3.8, 4) is 0 Å². The monoisotopic (exact) mass is 317 g/mol. The van der Waals surface area contributed by atoms with E-state index in [-0.39, 0.29) is 16.7 Å². The summed E-state index contributed by atoms with van der Waals surface area (Å²) in [5.41, 5.74) is -0.491. The Morgan fingerprint density at radius 2 is 2.11 bits per heavy atom. The lowest BCUT2D eigenvalue weighted by atomic mass is 9.71. The first-order chi connectivity index (χ1) is 8.44. The van der Waals surface area contributed by atoms with Crippen LogP contribution < -0.4 is 0 Å². The second-order valence-corrected chi connectivity index (χ2v) is 7.21. The van der Waals surface area contributed by atoms with Crippen molar-refractivity contribution in [3.05, 3.63) is 0 Å². The molecule has 3 atom stereocenters. The average molecular weight is 318 g/mol. The second kappa shape index (κ2) is 5.49. The molecular formula is C14H24BrNO2. The maximum atomic E-state index is 12.3. The molecule has 0 spiro atoms. The van der Waals surface area contributed by atoms with Crippen LogP contribution in [0.4, 0.5) is 0 Å². The van der Waals surface area contributed by atoms with E-state index < -0.39 is 5.60 Å². The molecule has 2 rings (SSSR count). The predicted octanol–water partition coefficient (Wildman–Crippen LogP) is 2.56. The summed E-state index contributed by atoms with van der Waals surface area (Å²) in [6, 6.07) is 0. The van der Waals surface area contributed by atoms with Gasteiger partial charge in [0.1, 0.15) is 0 Å². The highest BCUT2D eigenvalue weighted by atomic mass is 79.9. The van der Waals surface area contributed by atoms with Crippen LogP contribution in [0.15, 0.2) is 0 Å². The second-order valence-electron chi connectivity index (χ2n) is 6.23. The average Bonchev–Trinajstić information content (AvgIpc) is 2.35. The third kappa shape index (κ3) is 2.74. The van der Waals surface area contributed by atoms with Gasteiger partial charge in [-0.15, -0.1) is 0 Å². The SMILES string of the molecule is CC(C)C(Br)C(=O)N1CCC2(O)CCCCC2C1. The zero-order chi connectivity index (χ0) is 13.3. The molecule has 3 unspecified atom stereocenters. The lowest BCUT2D eigenvalue weighted by Gasteiger charge is -2.47. The zero-order valence-electron chi connectivity index (χ0n) is 11.4. The van der Waals surface area contributed by atoms with E-state index in [2.05, 4.69) is 29.8 Å². The summed E-state index contributed by atoms with van der Waals surface area (Å²) >= 11 is 3.49. The topological polar surface area (TPSA) is 40.5 Å². The predicted molar refractivity (Wildman–Crippen MR) is 75.7 cm³/mol. The smallest absolute Gasteiger partial charge is 0.236 e. The lowest BCUT2D eigenvalue weighted by Crippen LogP contribution is -2.56. The Labute approximate surface area is 118 Å². The van der Waals surface area contributed by atoms with Gasteiger partial charge in [0.05, 0.1) is 10.4 Å². The van der Waals surface area contributed by atoms with Crippen LogP contribution in [0.5, 0.6) is 0 Å². The van der Waals surface area contributed by atoms with Crippen molar-refractivity contribution in [1.29, 1.82) is 0 Å². The van der Waals surface area contributed by atoms with Crippen LogP contribution in [-0.4, -0.2) is 39.4 Å². The number of fused-ring (bicyclic) bond motifs is 1. The van der Waals surface area contributed by atoms with E-state index in [0.717, 1.165) is 32.2 Å². The molecule has 0 aromatic carbocycles. The number of hydrogen-bond acceptors (Lipinski definition) is 2. The quantitative estimate of drug-likeness (QED) is 0.795. The molecule has 1 saturated carbocycles. The summed E-state index contributed by atoms with van der Waals surface area (Å²) in [5.74, 6) is 0.790. The van der Waals surface area contributed by atoms with Gasteiger partial charge >= 0.3 is 0 Å². The van der Waals surface area contributed by atoms with Crippen molar-refractivity contribution in [1.82, 2.24) is 4.90 Å². The maximum absolute atomic E-state index is 12.3. The molecule has 2 aliphatic rings. The summed E-state index contributed by atoms with van der Waals surface area (Å²) in [6.07, 6.45) is 5.06. The normalized spacial score (nSPS) is 34.3. The van der Waals surface area contributed by atoms with Crippen LogP contribution in [0, 0.1) is 11.8 Å². The molecule has 0 radical (unpaired) electrons. The number of aliphatic hydroxyl groups is 1. The number of carbonyl (C=O) groups excluding carboxylic acids is 1. The molecule has 0 aromatic heterocycles. The number of nitrogens with zero attached hydrogens (tertiary/aromatic N) is 1. The molecule has 2 fully saturated rings. The minimum absolute atomic E-state index is 0.0905. The van der Waals surface area contributed by atoms with Gasteiger partial charge in [-0.3, -0.25) is 4.79 Å². The minimum Gasteiger partial charge on any atom is -0.389 e. The number of carbonyl (C=O) groups is 1. The molecule has 1 N–H and O–H groups in total. The Morgan fingerprint density at radius 3 is 2.78 bits per heavy atom. The van der Waals surface area contributed by atoms with Crippen LogP contribution in [-0.2, 0) is 4.79 Å². The summed E-state index contributed by atoms with van der Waals surface area (Å²) in [4.78, 5) is 14.2. The standard InChI is InChI=1S/C14H24BrNO2/c1-10(2)12(15)13(17)16-8-7-14(18)6-4-3-5-11(14)9-16/h10-12,18H,3-9H2,1-2H3. The first kappa shape index (κ1) is 14.3. The van der Waals surface area contributed by atoms with Crippen molar-refractivity contribution < 1.29 is 9.90 Å². The summed E-state index contributed by atoms with van der Waals surface area (Å²) < 4.78 is 0. The largest absolute Gasteiger partial charge is 0.389 e. The number of rotatable bonds is 2. The number of amides is 1. The first-order valence-corrected chi connectivity index (χ1v) is 8.01. The highest BCUT2D eigenvalue weighted by Gasteiger charge is 2.44. The number of halogens is 1. The highest BCUT2D eigenvalue weighted by molar-refractivity contribution is 9.10. The number of likely N-dealkylation sites (tertiary alicyclic amines) is 1. The van der Waals surface area contributed by atoms with Crippen molar-refractivity contribution in [3.63, 3.8) is 0 Å². The Bertz CT molecular complexity index is 321. The summed E-state index contributed by atoms with van der Waals surface area (Å²) in [7, 11) is 0. The van der Waals surface area contributed by atoms with Crippen LogP contribution in [0.25, 0.3) is 0 Å². The Kier molecular flexibility index (Phi) is 4.37. The molecule has 1 aliphatic heterocycles. The van der Waals surface area contributed by atoms with Gasteiger partial charge in [0.25, 0.3) is 0 Å². The van der Waals surface area contributed by atoms with Gasteiger partial charge in [-0.25, -0.2) is 0 Å². The number of hydrogen-bond donors (Lipinski definition) is 1. The first-order valence-electron chi connectivity index (χ1n) is 7.09. The molecule has 0 bridgehead atoms. The van der Waals surface area contributed by atoms with E-state index in [1.54, 1.807) is 0 Å². The molecule has 1 saturated heterocycles. The van der Waals surface area contributed by atoms with Crippen molar-refractivity contribution in [2.75, 3.05) is 13.1 Å². The van der Waals surface area contributed by atoms with E-state index in [4.69, 9.17) is 0 Å². The van der Waals surface area contributed by atoms with Gasteiger partial charge in [-0.05, 0) is 25.2 Å². The number of alkyl halides is 1. The van der Waals surface area contributed by atoms with Gasteiger partial charge in [0, 0.05) is 19.0 Å². The van der Waals surface area contributed by atoms with E-state index in [1.165, 1.54) is 6.42 Å². The lowest BCUT2D eigenvalue weighted by molar-refractivity contribution is -0.143. The highest BCUT2D eigenvalue weighted by Crippen LogP contribution is 2.40. The van der Waals surface area contributed by atoms with E-state index in [1.807, 2.05) is 4.90 Å². The van der Waals surface area contributed by atoms with Crippen LogP contribution in [0.1, 0.15) is 46.0 Å². The molecular weight excluding hydrogens is 294 g/mol. The summed E-state index contributed by atoms with van der Waals surface area (Å²) in [5, 5.41) is 10.6. The van der Waals surface area contributed by atoms with Crippen LogP contribution in [0.2, 0.25) is 0 Å². The fourth-order valence-corrected chi connectivity index (χ4v) is 3.52. The Morgan fingerprint density at radius 1 is 1.39 bits per heavy atom. The van der Waals surface area contributed by atoms with E-state index in [9.17, 15) is 9.90 Å². The zero-order valence-corrected chi connectivity index (χ0v) is 12.9. The van der Waals surface area contributed by atoms with Crippen LogP contribution >= 0.6 is 15.9 Å². The van der Waals surface area contributed by atoms with E-state index in [0.29, 0.717) is 12.5 Å². The third-order valence-electron chi connectivity index (χ3n) is 4.56. The molecule has 1 aliphatic carbocycles. The molecule has 3 nitrogen and oxygen atoms in total. The molecule has 1 heterocycles. The van der Waals surface area contributed by atoms with Crippen molar-refractivity contribution in [2.45, 2.75) is 56.4 Å². The Balaban J connectivity index is 2.00. The van der Waals surface area contributed by atoms with Gasteiger partial charge in [0.15, 0.2) is 0 Å². The third-order valence-corrected chi connectivity index (χ3v) is 6.01. The van der Waals surface area contributed by atoms with Crippen LogP contribution in [0.3, 0.4) is 0 Å². The molecule has 18 heavy (non-hydrogen) atoms. The van der Waals surface area contributed by atoms with Gasteiger partial charge in [0.2, 0.25) is 5.91 Å². The molecule has 4 heteroatoms. The van der Waals surface area contributed by atoms with Crippen molar-refractivity contribution >= 4 is 21.8 Å². The van der Waals surface area contributed by atoms with Gasteiger partial charge in [-0.1, -0.05) is 42.6 Å². The molecule has 104 valence electrons. The Hall–Kier alpha value is -0.0900. The van der Waals surface area contributed by atoms with Gasteiger partial charge in [-0.2, -0.15) is 0 Å². The number of piperidine rings is 1. The van der Waals surface area contributed by atoms with E-state index >= 15 is 0 Å². The summed E-state index contributed by atoms with van der Waals surface area (Å²) in [6.45, 7) is 5.56. The molecule has 0 aromatic rings.